The molecule has 148 valence electrons. The van der Waals surface area contributed by atoms with Crippen LogP contribution >= 0.6 is 0 Å². The number of hydrogen-bond donors (Lipinski definition) is 0. The van der Waals surface area contributed by atoms with Crippen molar-refractivity contribution in [2.75, 3.05) is 27.4 Å². The molecule has 3 rings (SSSR count). The molecule has 3 aromatic rings. The maximum atomic E-state index is 5.36. The number of methoxy groups -OCH3 is 2. The maximum absolute atomic E-state index is 5.36. The Labute approximate surface area is 168 Å². The Bertz CT molecular complexity index is 872. The molecule has 1 heterocycles. The number of hydrogen-bond acceptors (Lipinski definition) is 3. The molecular formula is C24H30N2O2. The zero-order chi connectivity index (χ0) is 19.8. The first-order valence-electron chi connectivity index (χ1n) is 9.72. The number of rotatable bonds is 10. The van der Waals surface area contributed by atoms with Crippen LogP contribution in [-0.2, 0) is 24.4 Å². The normalized spacial score (nSPS) is 11.1. The van der Waals surface area contributed by atoms with Crippen LogP contribution in [-0.4, -0.2) is 36.8 Å². The number of aryl methyl sites for hydroxylation is 1. The van der Waals surface area contributed by atoms with E-state index in [4.69, 9.17) is 9.47 Å². The van der Waals surface area contributed by atoms with Crippen LogP contribution in [0.5, 0.6) is 5.75 Å². The van der Waals surface area contributed by atoms with Crippen molar-refractivity contribution in [3.05, 3.63) is 89.2 Å². The number of ether oxygens (including phenoxy) is 2. The van der Waals surface area contributed by atoms with Crippen LogP contribution in [0.25, 0.3) is 0 Å². The lowest BCUT2D eigenvalue weighted by molar-refractivity contribution is 0.138. The molecule has 0 aliphatic heterocycles. The standard InChI is InChI=1S/C24H30N2O2/c1-20-8-4-5-10-22(20)18-25(14-15-27-2)19-23-11-7-13-26(23)17-21-9-6-12-24(16-21)28-3/h4-13,16H,14-15,17-19H2,1-3H3. The minimum absolute atomic E-state index is 0.725. The number of benzene rings is 2. The molecule has 0 radical (unpaired) electrons. The van der Waals surface area contributed by atoms with E-state index in [-0.39, 0.29) is 0 Å². The molecule has 0 saturated heterocycles. The van der Waals surface area contributed by atoms with Gasteiger partial charge in [0.25, 0.3) is 0 Å². The van der Waals surface area contributed by atoms with Crippen LogP contribution in [0.1, 0.15) is 22.4 Å². The smallest absolute Gasteiger partial charge is 0.119 e. The summed E-state index contributed by atoms with van der Waals surface area (Å²) in [7, 11) is 3.47. The first kappa shape index (κ1) is 20.2. The van der Waals surface area contributed by atoms with Crippen molar-refractivity contribution < 1.29 is 9.47 Å². The molecule has 28 heavy (non-hydrogen) atoms. The highest BCUT2D eigenvalue weighted by Gasteiger charge is 2.11. The number of aromatic nitrogens is 1. The zero-order valence-electron chi connectivity index (χ0n) is 17.1. The van der Waals surface area contributed by atoms with Crippen LogP contribution in [0, 0.1) is 6.92 Å². The topological polar surface area (TPSA) is 26.6 Å². The van der Waals surface area contributed by atoms with E-state index in [2.05, 4.69) is 71.1 Å². The van der Waals surface area contributed by atoms with Crippen molar-refractivity contribution in [2.24, 2.45) is 0 Å². The van der Waals surface area contributed by atoms with Crippen LogP contribution in [0.3, 0.4) is 0 Å². The Morgan fingerprint density at radius 2 is 1.79 bits per heavy atom. The summed E-state index contributed by atoms with van der Waals surface area (Å²) in [6.07, 6.45) is 2.15. The van der Waals surface area contributed by atoms with Crippen molar-refractivity contribution in [3.8, 4) is 5.75 Å². The van der Waals surface area contributed by atoms with Crippen molar-refractivity contribution in [3.63, 3.8) is 0 Å². The second-order valence-electron chi connectivity index (χ2n) is 7.11. The molecule has 0 bridgehead atoms. The van der Waals surface area contributed by atoms with Crippen molar-refractivity contribution >= 4 is 0 Å². The molecule has 0 aliphatic carbocycles. The lowest BCUT2D eigenvalue weighted by atomic mass is 10.1. The van der Waals surface area contributed by atoms with Gasteiger partial charge >= 0.3 is 0 Å². The Hall–Kier alpha value is -2.56. The van der Waals surface area contributed by atoms with Crippen molar-refractivity contribution in [1.82, 2.24) is 9.47 Å². The van der Waals surface area contributed by atoms with Gasteiger partial charge in [-0.15, -0.1) is 0 Å². The fraction of sp³-hybridized carbons (Fsp3) is 0.333. The van der Waals surface area contributed by atoms with E-state index in [9.17, 15) is 0 Å². The summed E-state index contributed by atoms with van der Waals surface area (Å²) >= 11 is 0. The van der Waals surface area contributed by atoms with E-state index < -0.39 is 0 Å². The fourth-order valence-corrected chi connectivity index (χ4v) is 3.41. The molecular weight excluding hydrogens is 348 g/mol. The summed E-state index contributed by atoms with van der Waals surface area (Å²) in [5, 5.41) is 0. The third-order valence-electron chi connectivity index (χ3n) is 5.06. The monoisotopic (exact) mass is 378 g/mol. The van der Waals surface area contributed by atoms with Gasteiger partial charge in [-0.1, -0.05) is 36.4 Å². The largest absolute Gasteiger partial charge is 0.497 e. The quantitative estimate of drug-likeness (QED) is 0.520. The third-order valence-corrected chi connectivity index (χ3v) is 5.06. The summed E-state index contributed by atoms with van der Waals surface area (Å²) in [5.74, 6) is 0.896. The summed E-state index contributed by atoms with van der Waals surface area (Å²) in [4.78, 5) is 2.45. The molecule has 0 spiro atoms. The molecule has 0 unspecified atom stereocenters. The molecule has 2 aromatic carbocycles. The minimum Gasteiger partial charge on any atom is -0.497 e. The SMILES string of the molecule is COCCN(Cc1ccccc1C)Cc1cccn1Cc1cccc(OC)c1. The van der Waals surface area contributed by atoms with Crippen LogP contribution in [0.4, 0.5) is 0 Å². The molecule has 0 amide bonds. The lowest BCUT2D eigenvalue weighted by Crippen LogP contribution is -2.28. The van der Waals surface area contributed by atoms with E-state index in [1.807, 2.05) is 12.1 Å². The van der Waals surface area contributed by atoms with Crippen LogP contribution in [0.15, 0.2) is 66.9 Å². The number of nitrogens with zero attached hydrogens (tertiary/aromatic N) is 2. The van der Waals surface area contributed by atoms with Crippen LogP contribution in [0.2, 0.25) is 0 Å². The van der Waals surface area contributed by atoms with E-state index in [1.54, 1.807) is 14.2 Å². The van der Waals surface area contributed by atoms with E-state index in [1.165, 1.54) is 22.4 Å². The molecule has 4 nitrogen and oxygen atoms in total. The minimum atomic E-state index is 0.725. The van der Waals surface area contributed by atoms with Crippen molar-refractivity contribution in [1.29, 1.82) is 0 Å². The first-order chi connectivity index (χ1) is 13.7. The first-order valence-corrected chi connectivity index (χ1v) is 9.72. The Balaban J connectivity index is 1.74. The highest BCUT2D eigenvalue weighted by molar-refractivity contribution is 5.29. The molecule has 1 aromatic heterocycles. The van der Waals surface area contributed by atoms with Gasteiger partial charge in [0.2, 0.25) is 0 Å². The average molecular weight is 379 g/mol. The maximum Gasteiger partial charge on any atom is 0.119 e. The summed E-state index contributed by atoms with van der Waals surface area (Å²) in [6.45, 7) is 6.43. The predicted octanol–water partition coefficient (Wildman–Crippen LogP) is 4.50. The lowest BCUT2D eigenvalue weighted by Gasteiger charge is -2.24. The third kappa shape index (κ3) is 5.47. The highest BCUT2D eigenvalue weighted by atomic mass is 16.5. The summed E-state index contributed by atoms with van der Waals surface area (Å²) in [5.41, 5.74) is 5.23. The second kappa shape index (κ2) is 10.1. The molecule has 0 atom stereocenters. The summed E-state index contributed by atoms with van der Waals surface area (Å²) < 4.78 is 13.0. The van der Waals surface area contributed by atoms with E-state index >= 15 is 0 Å². The van der Waals surface area contributed by atoms with Gasteiger partial charge in [-0.3, -0.25) is 4.90 Å². The van der Waals surface area contributed by atoms with Gasteiger partial charge in [-0.05, 0) is 47.9 Å². The van der Waals surface area contributed by atoms with Gasteiger partial charge in [0.15, 0.2) is 0 Å². The van der Waals surface area contributed by atoms with E-state index in [0.29, 0.717) is 0 Å². The molecule has 0 saturated carbocycles. The Morgan fingerprint density at radius 1 is 0.929 bits per heavy atom. The molecule has 0 aliphatic rings. The molecule has 0 N–H and O–H groups in total. The highest BCUT2D eigenvalue weighted by Crippen LogP contribution is 2.17. The molecule has 0 fully saturated rings. The second-order valence-corrected chi connectivity index (χ2v) is 7.11. The van der Waals surface area contributed by atoms with Crippen LogP contribution < -0.4 is 4.74 Å². The van der Waals surface area contributed by atoms with Crippen molar-refractivity contribution in [2.45, 2.75) is 26.6 Å². The Morgan fingerprint density at radius 3 is 2.57 bits per heavy atom. The summed E-state index contributed by atoms with van der Waals surface area (Å²) in [6, 6.07) is 21.2. The van der Waals surface area contributed by atoms with Gasteiger partial charge in [-0.25, -0.2) is 0 Å². The van der Waals surface area contributed by atoms with Gasteiger partial charge in [0, 0.05) is 45.2 Å². The predicted molar refractivity (Wildman–Crippen MR) is 114 cm³/mol. The van der Waals surface area contributed by atoms with Gasteiger partial charge in [-0.2, -0.15) is 0 Å². The zero-order valence-corrected chi connectivity index (χ0v) is 17.1. The average Bonchev–Trinajstić information content (AvgIpc) is 3.14. The van der Waals surface area contributed by atoms with E-state index in [0.717, 1.165) is 38.5 Å². The fourth-order valence-electron chi connectivity index (χ4n) is 3.41. The van der Waals surface area contributed by atoms with Gasteiger partial charge in [0.05, 0.1) is 13.7 Å². The molecule has 4 heteroatoms. The van der Waals surface area contributed by atoms with Gasteiger partial charge < -0.3 is 14.0 Å². The Kier molecular flexibility index (Phi) is 7.29. The van der Waals surface area contributed by atoms with Gasteiger partial charge in [0.1, 0.15) is 5.75 Å².